The number of aromatic nitrogens is 2. The number of nitrogens with zero attached hydrogens (tertiary/aromatic N) is 1. The predicted molar refractivity (Wildman–Crippen MR) is 126 cm³/mol. The fourth-order valence-electron chi connectivity index (χ4n) is 3.78. The van der Waals surface area contributed by atoms with Gasteiger partial charge in [0, 0.05) is 16.3 Å². The number of ether oxygens (including phenoxy) is 1. The van der Waals surface area contributed by atoms with Gasteiger partial charge in [-0.05, 0) is 36.6 Å². The first kappa shape index (κ1) is 21.4. The van der Waals surface area contributed by atoms with E-state index in [0.29, 0.717) is 17.9 Å². The van der Waals surface area contributed by atoms with E-state index in [0.717, 1.165) is 21.8 Å². The first-order chi connectivity index (χ1) is 15.5. The second kappa shape index (κ2) is 9.09. The molecule has 7 nitrogen and oxygen atoms in total. The molecule has 2 amide bonds. The molecule has 1 unspecified atom stereocenters. The summed E-state index contributed by atoms with van der Waals surface area (Å²) < 4.78 is 5.31. The molecule has 2 heterocycles. The number of para-hydroxylation sites is 3. The van der Waals surface area contributed by atoms with E-state index in [1.165, 1.54) is 0 Å². The largest absolute Gasteiger partial charge is 0.495 e. The molecule has 0 saturated heterocycles. The highest BCUT2D eigenvalue weighted by Crippen LogP contribution is 2.26. The van der Waals surface area contributed by atoms with Crippen LogP contribution >= 0.6 is 0 Å². The lowest BCUT2D eigenvalue weighted by molar-refractivity contribution is -0.118. The van der Waals surface area contributed by atoms with Crippen molar-refractivity contribution in [3.63, 3.8) is 0 Å². The molecule has 0 radical (unpaired) electrons. The Morgan fingerprint density at radius 1 is 1.03 bits per heavy atom. The van der Waals surface area contributed by atoms with Gasteiger partial charge in [-0.2, -0.15) is 0 Å². The molecule has 0 aliphatic carbocycles. The number of carbonyl (C=O) groups is 2. The van der Waals surface area contributed by atoms with E-state index in [9.17, 15) is 9.59 Å². The van der Waals surface area contributed by atoms with Crippen LogP contribution in [0.4, 0.5) is 5.69 Å². The summed E-state index contributed by atoms with van der Waals surface area (Å²) in [4.78, 5) is 33.7. The van der Waals surface area contributed by atoms with Crippen LogP contribution in [0.1, 0.15) is 30.8 Å². The molecular formula is C25H26N4O3. The summed E-state index contributed by atoms with van der Waals surface area (Å²) in [6.45, 7) is 4.01. The van der Waals surface area contributed by atoms with E-state index in [4.69, 9.17) is 4.74 Å². The monoisotopic (exact) mass is 430 g/mol. The van der Waals surface area contributed by atoms with Crippen LogP contribution in [0.3, 0.4) is 0 Å². The highest BCUT2D eigenvalue weighted by Gasteiger charge is 2.24. The molecule has 0 aliphatic heterocycles. The summed E-state index contributed by atoms with van der Waals surface area (Å²) in [6, 6.07) is 16.1. The number of hydrogen-bond acceptors (Lipinski definition) is 4. The predicted octanol–water partition coefficient (Wildman–Crippen LogP) is 4.51. The highest BCUT2D eigenvalue weighted by atomic mass is 16.5. The van der Waals surface area contributed by atoms with Crippen LogP contribution in [0.5, 0.6) is 5.75 Å². The lowest BCUT2D eigenvalue weighted by atomic mass is 10.0. The Hall–Kier alpha value is -3.87. The van der Waals surface area contributed by atoms with Crippen LogP contribution in [0.2, 0.25) is 0 Å². The van der Waals surface area contributed by atoms with Crippen molar-refractivity contribution in [2.45, 2.75) is 26.3 Å². The molecule has 0 spiro atoms. The molecule has 32 heavy (non-hydrogen) atoms. The lowest BCUT2D eigenvalue weighted by Crippen LogP contribution is -2.44. The van der Waals surface area contributed by atoms with Gasteiger partial charge >= 0.3 is 0 Å². The molecule has 4 rings (SSSR count). The van der Waals surface area contributed by atoms with Crippen LogP contribution < -0.4 is 15.4 Å². The molecule has 2 aromatic carbocycles. The third-order valence-corrected chi connectivity index (χ3v) is 5.32. The van der Waals surface area contributed by atoms with Crippen LogP contribution in [0.25, 0.3) is 21.8 Å². The van der Waals surface area contributed by atoms with Crippen LogP contribution in [-0.4, -0.2) is 34.9 Å². The maximum atomic E-state index is 13.0. The molecule has 0 fully saturated rings. The number of hydrogen-bond donors (Lipinski definition) is 3. The van der Waals surface area contributed by atoms with Crippen molar-refractivity contribution in [2.75, 3.05) is 12.4 Å². The third kappa shape index (κ3) is 4.42. The molecule has 4 aromatic rings. The van der Waals surface area contributed by atoms with Crippen molar-refractivity contribution >= 4 is 39.3 Å². The molecule has 7 heteroatoms. The van der Waals surface area contributed by atoms with Crippen molar-refractivity contribution in [3.05, 3.63) is 66.5 Å². The fraction of sp³-hybridized carbons (Fsp3) is 0.240. The van der Waals surface area contributed by atoms with Crippen LogP contribution in [-0.2, 0) is 4.79 Å². The van der Waals surface area contributed by atoms with Gasteiger partial charge in [-0.15, -0.1) is 0 Å². The number of benzene rings is 2. The molecular weight excluding hydrogens is 404 g/mol. The van der Waals surface area contributed by atoms with Crippen molar-refractivity contribution < 1.29 is 14.3 Å². The summed E-state index contributed by atoms with van der Waals surface area (Å²) in [5, 5.41) is 7.67. The topological polar surface area (TPSA) is 96.1 Å². The van der Waals surface area contributed by atoms with Gasteiger partial charge < -0.3 is 20.4 Å². The number of aromatic amines is 1. The molecule has 0 bridgehead atoms. The Bertz CT molecular complexity index is 1280. The van der Waals surface area contributed by atoms with Gasteiger partial charge in [0.15, 0.2) is 0 Å². The zero-order chi connectivity index (χ0) is 22.7. The van der Waals surface area contributed by atoms with Gasteiger partial charge in [0.1, 0.15) is 17.5 Å². The quantitative estimate of drug-likeness (QED) is 0.402. The summed E-state index contributed by atoms with van der Waals surface area (Å²) in [5.74, 6) is 0.0671. The van der Waals surface area contributed by atoms with Crippen molar-refractivity contribution in [2.24, 2.45) is 5.92 Å². The van der Waals surface area contributed by atoms with E-state index in [1.807, 2.05) is 50.2 Å². The number of fused-ring (bicyclic) bond motifs is 3. The van der Waals surface area contributed by atoms with Gasteiger partial charge in [-0.25, -0.2) is 4.98 Å². The van der Waals surface area contributed by atoms with E-state index >= 15 is 0 Å². The average molecular weight is 431 g/mol. The maximum absolute atomic E-state index is 13.0. The Morgan fingerprint density at radius 3 is 2.56 bits per heavy atom. The zero-order valence-electron chi connectivity index (χ0n) is 18.3. The second-order valence-corrected chi connectivity index (χ2v) is 8.13. The van der Waals surface area contributed by atoms with E-state index in [1.54, 1.807) is 31.5 Å². The number of methoxy groups -OCH3 is 1. The SMILES string of the molecule is COc1ccccc1NC(=O)C(CC(C)C)NC(=O)c1cc2c(cn1)[nH]c1ccccc12. The van der Waals surface area contributed by atoms with Crippen LogP contribution in [0.15, 0.2) is 60.8 Å². The number of amides is 2. The summed E-state index contributed by atoms with van der Waals surface area (Å²) in [7, 11) is 1.55. The number of rotatable bonds is 7. The number of anilines is 1. The molecule has 1 atom stereocenters. The lowest BCUT2D eigenvalue weighted by Gasteiger charge is -2.20. The van der Waals surface area contributed by atoms with E-state index in [2.05, 4.69) is 20.6 Å². The molecule has 0 saturated carbocycles. The Morgan fingerprint density at radius 2 is 1.78 bits per heavy atom. The van der Waals surface area contributed by atoms with Crippen LogP contribution in [0, 0.1) is 5.92 Å². The molecule has 3 N–H and O–H groups in total. The van der Waals surface area contributed by atoms with Gasteiger partial charge in [0.05, 0.1) is 24.5 Å². The fourth-order valence-corrected chi connectivity index (χ4v) is 3.78. The third-order valence-electron chi connectivity index (χ3n) is 5.32. The van der Waals surface area contributed by atoms with Gasteiger partial charge in [-0.1, -0.05) is 44.2 Å². The van der Waals surface area contributed by atoms with Gasteiger partial charge in [-0.3, -0.25) is 9.59 Å². The highest BCUT2D eigenvalue weighted by molar-refractivity contribution is 6.09. The van der Waals surface area contributed by atoms with Gasteiger partial charge in [0.25, 0.3) is 5.91 Å². The first-order valence-electron chi connectivity index (χ1n) is 10.6. The summed E-state index contributed by atoms with van der Waals surface area (Å²) in [5.41, 5.74) is 2.66. The molecule has 164 valence electrons. The van der Waals surface area contributed by atoms with Crippen molar-refractivity contribution in [1.29, 1.82) is 0 Å². The molecule has 0 aliphatic rings. The van der Waals surface area contributed by atoms with Crippen molar-refractivity contribution in [3.8, 4) is 5.75 Å². The Labute approximate surface area is 186 Å². The minimum atomic E-state index is -0.715. The van der Waals surface area contributed by atoms with E-state index in [-0.39, 0.29) is 17.5 Å². The standard InChI is InChI=1S/C25H26N4O3/c1-15(2)12-21(25(31)28-19-10-6-7-11-23(19)32-3)29-24(30)20-13-17-16-8-4-5-9-18(16)27-22(17)14-26-20/h4-11,13-15,21,27H,12H2,1-3H3,(H,28,31)(H,29,30). The smallest absolute Gasteiger partial charge is 0.270 e. The number of nitrogens with one attached hydrogen (secondary N) is 3. The normalized spacial score (nSPS) is 12.1. The minimum absolute atomic E-state index is 0.202. The maximum Gasteiger partial charge on any atom is 0.270 e. The number of pyridine rings is 1. The second-order valence-electron chi connectivity index (χ2n) is 8.13. The minimum Gasteiger partial charge on any atom is -0.495 e. The van der Waals surface area contributed by atoms with E-state index < -0.39 is 11.9 Å². The Kier molecular flexibility index (Phi) is 6.07. The average Bonchev–Trinajstić information content (AvgIpc) is 3.16. The first-order valence-corrected chi connectivity index (χ1v) is 10.6. The summed E-state index contributed by atoms with van der Waals surface area (Å²) >= 11 is 0. The molecule has 2 aromatic heterocycles. The Balaban J connectivity index is 1.57. The number of carbonyl (C=O) groups excluding carboxylic acids is 2. The van der Waals surface area contributed by atoms with Crippen molar-refractivity contribution in [1.82, 2.24) is 15.3 Å². The summed E-state index contributed by atoms with van der Waals surface area (Å²) in [6.07, 6.45) is 2.14. The number of H-pyrrole nitrogens is 1. The van der Waals surface area contributed by atoms with Gasteiger partial charge in [0.2, 0.25) is 5.91 Å². The zero-order valence-corrected chi connectivity index (χ0v) is 18.3.